The van der Waals surface area contributed by atoms with Crippen molar-refractivity contribution in [3.63, 3.8) is 0 Å². The molecule has 0 saturated heterocycles. The maximum Gasteiger partial charge on any atom is -0.00720 e. The van der Waals surface area contributed by atoms with Crippen LogP contribution in [0.25, 0.3) is 0 Å². The van der Waals surface area contributed by atoms with Crippen molar-refractivity contribution in [1.82, 2.24) is 0 Å². The van der Waals surface area contributed by atoms with E-state index in [0.717, 1.165) is 25.9 Å². The SMILES string of the molecule is CC(C)(CCN)C(C)(C)CCN. The standard InChI is InChI=1S/C10H24N2/c1-9(2,5-7-11)10(3,4)6-8-12/h5-8,11-12H2,1-4H3. The molecule has 0 amide bonds. The van der Waals surface area contributed by atoms with E-state index in [2.05, 4.69) is 27.7 Å². The molecule has 0 aromatic carbocycles. The molecule has 0 fully saturated rings. The van der Waals surface area contributed by atoms with Crippen LogP contribution in [-0.2, 0) is 0 Å². The van der Waals surface area contributed by atoms with Crippen molar-refractivity contribution in [3.05, 3.63) is 0 Å². The number of nitrogens with two attached hydrogens (primary N) is 2. The van der Waals surface area contributed by atoms with E-state index in [4.69, 9.17) is 11.5 Å². The Morgan fingerprint density at radius 1 is 0.750 bits per heavy atom. The van der Waals surface area contributed by atoms with Crippen LogP contribution in [-0.4, -0.2) is 13.1 Å². The van der Waals surface area contributed by atoms with Gasteiger partial charge < -0.3 is 11.5 Å². The van der Waals surface area contributed by atoms with Crippen LogP contribution < -0.4 is 11.5 Å². The molecule has 2 nitrogen and oxygen atoms in total. The lowest BCUT2D eigenvalue weighted by Gasteiger charge is -2.41. The highest BCUT2D eigenvalue weighted by molar-refractivity contribution is 4.86. The van der Waals surface area contributed by atoms with E-state index in [1.54, 1.807) is 0 Å². The molecule has 2 heteroatoms. The molecule has 0 saturated carbocycles. The molecule has 0 bridgehead atoms. The minimum absolute atomic E-state index is 0.293. The molecule has 0 spiro atoms. The van der Waals surface area contributed by atoms with Gasteiger partial charge in [0.05, 0.1) is 0 Å². The Kier molecular flexibility index (Phi) is 4.21. The zero-order chi connectivity index (χ0) is 9.83. The zero-order valence-corrected chi connectivity index (χ0v) is 8.98. The van der Waals surface area contributed by atoms with E-state index in [9.17, 15) is 0 Å². The molecule has 0 atom stereocenters. The van der Waals surface area contributed by atoms with Crippen molar-refractivity contribution in [2.45, 2.75) is 40.5 Å². The fourth-order valence-corrected chi connectivity index (χ4v) is 1.40. The summed E-state index contributed by atoms with van der Waals surface area (Å²) in [6.45, 7) is 10.6. The Morgan fingerprint density at radius 2 is 1.00 bits per heavy atom. The second kappa shape index (κ2) is 4.24. The minimum Gasteiger partial charge on any atom is -0.330 e. The summed E-state index contributed by atoms with van der Waals surface area (Å²) in [5, 5.41) is 0. The molecule has 0 aromatic rings. The number of rotatable bonds is 5. The van der Waals surface area contributed by atoms with E-state index in [0.29, 0.717) is 10.8 Å². The molecule has 74 valence electrons. The molecular weight excluding hydrogens is 148 g/mol. The molecule has 0 aliphatic rings. The van der Waals surface area contributed by atoms with Crippen molar-refractivity contribution in [2.24, 2.45) is 22.3 Å². The van der Waals surface area contributed by atoms with Gasteiger partial charge in [-0.3, -0.25) is 0 Å². The van der Waals surface area contributed by atoms with Crippen molar-refractivity contribution in [3.8, 4) is 0 Å². The summed E-state index contributed by atoms with van der Waals surface area (Å²) in [6, 6.07) is 0. The van der Waals surface area contributed by atoms with Gasteiger partial charge in [-0.05, 0) is 36.8 Å². The van der Waals surface area contributed by atoms with Crippen LogP contribution in [0.15, 0.2) is 0 Å². The van der Waals surface area contributed by atoms with Gasteiger partial charge in [-0.15, -0.1) is 0 Å². The quantitative estimate of drug-likeness (QED) is 0.663. The third kappa shape index (κ3) is 2.76. The van der Waals surface area contributed by atoms with E-state index in [1.807, 2.05) is 0 Å². The second-order valence-corrected chi connectivity index (χ2v) is 4.85. The van der Waals surface area contributed by atoms with E-state index >= 15 is 0 Å². The van der Waals surface area contributed by atoms with Crippen molar-refractivity contribution >= 4 is 0 Å². The molecule has 0 heterocycles. The third-order valence-corrected chi connectivity index (χ3v) is 3.37. The smallest absolute Gasteiger partial charge is 0.00720 e. The summed E-state index contributed by atoms with van der Waals surface area (Å²) in [5.41, 5.74) is 11.7. The van der Waals surface area contributed by atoms with E-state index in [1.165, 1.54) is 0 Å². The monoisotopic (exact) mass is 172 g/mol. The van der Waals surface area contributed by atoms with Gasteiger partial charge in [0.1, 0.15) is 0 Å². The Labute approximate surface area is 76.7 Å². The Balaban J connectivity index is 4.28. The molecule has 0 unspecified atom stereocenters. The molecule has 4 N–H and O–H groups in total. The average molecular weight is 172 g/mol. The summed E-state index contributed by atoms with van der Waals surface area (Å²) < 4.78 is 0. The lowest BCUT2D eigenvalue weighted by Crippen LogP contribution is -2.36. The first-order valence-corrected chi connectivity index (χ1v) is 4.77. The maximum absolute atomic E-state index is 5.58. The van der Waals surface area contributed by atoms with Crippen LogP contribution in [0.1, 0.15) is 40.5 Å². The van der Waals surface area contributed by atoms with Gasteiger partial charge in [0, 0.05) is 0 Å². The first kappa shape index (κ1) is 11.9. The fourth-order valence-electron chi connectivity index (χ4n) is 1.40. The number of hydrogen-bond donors (Lipinski definition) is 2. The highest BCUT2D eigenvalue weighted by Crippen LogP contribution is 2.43. The highest BCUT2D eigenvalue weighted by Gasteiger charge is 2.35. The Bertz CT molecular complexity index is 112. The molecule has 0 rings (SSSR count). The lowest BCUT2D eigenvalue weighted by atomic mass is 9.64. The van der Waals surface area contributed by atoms with Crippen molar-refractivity contribution < 1.29 is 0 Å². The number of hydrogen-bond acceptors (Lipinski definition) is 2. The van der Waals surface area contributed by atoms with Crippen LogP contribution in [0.2, 0.25) is 0 Å². The molecule has 0 aliphatic carbocycles. The Hall–Kier alpha value is -0.0800. The summed E-state index contributed by atoms with van der Waals surface area (Å²) in [6.07, 6.45) is 2.14. The van der Waals surface area contributed by atoms with Crippen LogP contribution >= 0.6 is 0 Å². The van der Waals surface area contributed by atoms with Gasteiger partial charge in [0.25, 0.3) is 0 Å². The molecule has 0 aliphatic heterocycles. The van der Waals surface area contributed by atoms with Gasteiger partial charge in [0.15, 0.2) is 0 Å². The van der Waals surface area contributed by atoms with Crippen LogP contribution in [0.5, 0.6) is 0 Å². The van der Waals surface area contributed by atoms with Gasteiger partial charge in [-0.1, -0.05) is 27.7 Å². The summed E-state index contributed by atoms with van der Waals surface area (Å²) in [7, 11) is 0. The molecular formula is C10H24N2. The van der Waals surface area contributed by atoms with Crippen LogP contribution in [0, 0.1) is 10.8 Å². The molecule has 12 heavy (non-hydrogen) atoms. The van der Waals surface area contributed by atoms with Crippen LogP contribution in [0.3, 0.4) is 0 Å². The Morgan fingerprint density at radius 3 is 1.17 bits per heavy atom. The second-order valence-electron chi connectivity index (χ2n) is 4.85. The van der Waals surface area contributed by atoms with E-state index in [-0.39, 0.29) is 0 Å². The first-order valence-electron chi connectivity index (χ1n) is 4.77. The predicted molar refractivity (Wildman–Crippen MR) is 54.9 cm³/mol. The lowest BCUT2D eigenvalue weighted by molar-refractivity contribution is 0.0936. The normalized spacial score (nSPS) is 13.5. The van der Waals surface area contributed by atoms with Crippen molar-refractivity contribution in [1.29, 1.82) is 0 Å². The van der Waals surface area contributed by atoms with Gasteiger partial charge in [0.2, 0.25) is 0 Å². The predicted octanol–water partition coefficient (Wildman–Crippen LogP) is 1.74. The summed E-state index contributed by atoms with van der Waals surface area (Å²) >= 11 is 0. The third-order valence-electron chi connectivity index (χ3n) is 3.37. The zero-order valence-electron chi connectivity index (χ0n) is 8.98. The van der Waals surface area contributed by atoms with Crippen LogP contribution in [0.4, 0.5) is 0 Å². The maximum atomic E-state index is 5.58. The van der Waals surface area contributed by atoms with E-state index < -0.39 is 0 Å². The molecule has 0 aromatic heterocycles. The average Bonchev–Trinajstić information content (AvgIpc) is 1.86. The highest BCUT2D eigenvalue weighted by atomic mass is 14.6. The largest absolute Gasteiger partial charge is 0.330 e. The first-order chi connectivity index (χ1) is 5.37. The molecule has 0 radical (unpaired) electrons. The summed E-state index contributed by atoms with van der Waals surface area (Å²) in [4.78, 5) is 0. The van der Waals surface area contributed by atoms with Gasteiger partial charge in [-0.2, -0.15) is 0 Å². The van der Waals surface area contributed by atoms with Gasteiger partial charge >= 0.3 is 0 Å². The summed E-state index contributed by atoms with van der Waals surface area (Å²) in [5.74, 6) is 0. The minimum atomic E-state index is 0.293. The van der Waals surface area contributed by atoms with Crippen molar-refractivity contribution in [2.75, 3.05) is 13.1 Å². The topological polar surface area (TPSA) is 52.0 Å². The van der Waals surface area contributed by atoms with Gasteiger partial charge in [-0.25, -0.2) is 0 Å². The fraction of sp³-hybridized carbons (Fsp3) is 1.00.